The van der Waals surface area contributed by atoms with Crippen LogP contribution in [0.5, 0.6) is 0 Å². The topological polar surface area (TPSA) is 32.8 Å². The van der Waals surface area contributed by atoms with E-state index in [1.54, 1.807) is 0 Å². The zero-order valence-corrected chi connectivity index (χ0v) is 13.1. The molecular formula is C17H28N2O2. The average Bonchev–Trinajstić information content (AvgIpc) is 2.54. The predicted molar refractivity (Wildman–Crippen MR) is 83.1 cm³/mol. The summed E-state index contributed by atoms with van der Waals surface area (Å²) in [6, 6.07) is 0. The van der Waals surface area contributed by atoms with Gasteiger partial charge in [0.25, 0.3) is 0 Å². The maximum Gasteiger partial charge on any atom is 0.224 e. The zero-order valence-electron chi connectivity index (χ0n) is 13.1. The Hall–Kier alpha value is -0.870. The van der Waals surface area contributed by atoms with Gasteiger partial charge < -0.3 is 14.5 Å². The van der Waals surface area contributed by atoms with Crippen molar-refractivity contribution in [1.82, 2.24) is 9.80 Å². The van der Waals surface area contributed by atoms with Crippen molar-refractivity contribution in [3.8, 4) is 0 Å². The van der Waals surface area contributed by atoms with E-state index >= 15 is 0 Å². The highest BCUT2D eigenvalue weighted by Crippen LogP contribution is 2.40. The van der Waals surface area contributed by atoms with Crippen LogP contribution in [0.1, 0.15) is 38.5 Å². The molecule has 1 spiro atoms. The second kappa shape index (κ2) is 6.93. The second-order valence-electron chi connectivity index (χ2n) is 6.84. The summed E-state index contributed by atoms with van der Waals surface area (Å²) in [6.07, 6.45) is 11.8. The minimum atomic E-state index is 0.307. The van der Waals surface area contributed by atoms with E-state index in [9.17, 15) is 4.79 Å². The van der Waals surface area contributed by atoms with Gasteiger partial charge in [0.05, 0.1) is 13.2 Å². The van der Waals surface area contributed by atoms with E-state index in [1.165, 1.54) is 45.2 Å². The monoisotopic (exact) mass is 292 g/mol. The lowest BCUT2D eigenvalue weighted by Gasteiger charge is -2.44. The highest BCUT2D eigenvalue weighted by Gasteiger charge is 2.35. The van der Waals surface area contributed by atoms with Gasteiger partial charge in [0.2, 0.25) is 5.91 Å². The predicted octanol–water partition coefficient (Wildman–Crippen LogP) is 2.06. The molecule has 0 N–H and O–H groups in total. The van der Waals surface area contributed by atoms with Crippen LogP contribution in [0.15, 0.2) is 12.2 Å². The molecule has 0 aromatic rings. The summed E-state index contributed by atoms with van der Waals surface area (Å²) in [6.45, 7) is 6.23. The molecule has 0 saturated carbocycles. The number of nitrogens with zero attached hydrogens (tertiary/aromatic N) is 2. The molecule has 21 heavy (non-hydrogen) atoms. The number of rotatable bonds is 3. The number of hydrogen-bond acceptors (Lipinski definition) is 3. The fourth-order valence-corrected chi connectivity index (χ4v) is 4.04. The number of likely N-dealkylation sites (tertiary alicyclic amines) is 1. The first-order valence-electron chi connectivity index (χ1n) is 8.50. The van der Waals surface area contributed by atoms with Gasteiger partial charge in [-0.05, 0) is 44.1 Å². The van der Waals surface area contributed by atoms with E-state index in [1.807, 2.05) is 4.90 Å². The zero-order chi connectivity index (χ0) is 14.5. The van der Waals surface area contributed by atoms with Gasteiger partial charge in [0.15, 0.2) is 0 Å². The summed E-state index contributed by atoms with van der Waals surface area (Å²) in [4.78, 5) is 16.7. The minimum absolute atomic E-state index is 0.307. The van der Waals surface area contributed by atoms with Crippen LogP contribution < -0.4 is 0 Å². The van der Waals surface area contributed by atoms with Crippen molar-refractivity contribution in [2.45, 2.75) is 38.5 Å². The van der Waals surface area contributed by atoms with Crippen LogP contribution in [0.25, 0.3) is 0 Å². The van der Waals surface area contributed by atoms with Crippen LogP contribution in [0.2, 0.25) is 0 Å². The van der Waals surface area contributed by atoms with Crippen molar-refractivity contribution in [3.63, 3.8) is 0 Å². The molecule has 3 rings (SSSR count). The Kier molecular flexibility index (Phi) is 4.96. The Bertz CT molecular complexity index is 390. The standard InChI is InChI=1S/C17H28N2O2/c20-16(19-11-13-21-14-12-19)5-10-18-9-4-8-17(15-18)6-2-1-3-7-17/h1-2H,3-15H2/t17-/m0/s1. The molecule has 0 radical (unpaired) electrons. The Morgan fingerprint density at radius 1 is 1.14 bits per heavy atom. The number of morpholine rings is 1. The Morgan fingerprint density at radius 2 is 2.00 bits per heavy atom. The van der Waals surface area contributed by atoms with Crippen molar-refractivity contribution in [1.29, 1.82) is 0 Å². The van der Waals surface area contributed by atoms with E-state index < -0.39 is 0 Å². The summed E-state index contributed by atoms with van der Waals surface area (Å²) >= 11 is 0. The number of carbonyl (C=O) groups is 1. The smallest absolute Gasteiger partial charge is 0.224 e. The first-order chi connectivity index (χ1) is 10.3. The molecule has 2 fully saturated rings. The minimum Gasteiger partial charge on any atom is -0.378 e. The molecule has 3 aliphatic rings. The first kappa shape index (κ1) is 15.0. The van der Waals surface area contributed by atoms with E-state index in [0.717, 1.165) is 19.6 Å². The normalized spacial score (nSPS) is 30.8. The maximum absolute atomic E-state index is 12.2. The lowest BCUT2D eigenvalue weighted by atomic mass is 9.71. The van der Waals surface area contributed by atoms with Crippen LogP contribution >= 0.6 is 0 Å². The molecule has 1 atom stereocenters. The number of carbonyl (C=O) groups excluding carboxylic acids is 1. The van der Waals surface area contributed by atoms with E-state index in [0.29, 0.717) is 31.0 Å². The van der Waals surface area contributed by atoms with E-state index in [4.69, 9.17) is 4.74 Å². The van der Waals surface area contributed by atoms with Gasteiger partial charge in [-0.15, -0.1) is 0 Å². The maximum atomic E-state index is 12.2. The molecule has 4 nitrogen and oxygen atoms in total. The van der Waals surface area contributed by atoms with Gasteiger partial charge in [-0.2, -0.15) is 0 Å². The van der Waals surface area contributed by atoms with Crippen LogP contribution in [0.3, 0.4) is 0 Å². The molecule has 1 aliphatic carbocycles. The molecule has 2 heterocycles. The van der Waals surface area contributed by atoms with Gasteiger partial charge in [0.1, 0.15) is 0 Å². The fraction of sp³-hybridized carbons (Fsp3) is 0.824. The van der Waals surface area contributed by atoms with E-state index in [2.05, 4.69) is 17.1 Å². The van der Waals surface area contributed by atoms with E-state index in [-0.39, 0.29) is 0 Å². The largest absolute Gasteiger partial charge is 0.378 e. The molecule has 0 aromatic carbocycles. The van der Waals surface area contributed by atoms with Crippen molar-refractivity contribution < 1.29 is 9.53 Å². The molecule has 118 valence electrons. The molecule has 0 aromatic heterocycles. The van der Waals surface area contributed by atoms with Crippen LogP contribution in [-0.4, -0.2) is 61.6 Å². The average molecular weight is 292 g/mol. The Morgan fingerprint density at radius 3 is 2.76 bits per heavy atom. The quantitative estimate of drug-likeness (QED) is 0.747. The molecule has 0 unspecified atom stereocenters. The van der Waals surface area contributed by atoms with Crippen molar-refractivity contribution in [2.75, 3.05) is 45.9 Å². The van der Waals surface area contributed by atoms with Crippen LogP contribution in [0.4, 0.5) is 0 Å². The summed E-state index contributed by atoms with van der Waals surface area (Å²) in [5, 5.41) is 0. The summed E-state index contributed by atoms with van der Waals surface area (Å²) in [5.74, 6) is 0.307. The Balaban J connectivity index is 1.46. The molecule has 1 amide bonds. The third kappa shape index (κ3) is 3.86. The fourth-order valence-electron chi connectivity index (χ4n) is 4.04. The van der Waals surface area contributed by atoms with Gasteiger partial charge >= 0.3 is 0 Å². The van der Waals surface area contributed by atoms with Crippen molar-refractivity contribution in [2.24, 2.45) is 5.41 Å². The lowest BCUT2D eigenvalue weighted by Crippen LogP contribution is -2.46. The van der Waals surface area contributed by atoms with Gasteiger partial charge in [0, 0.05) is 32.6 Å². The highest BCUT2D eigenvalue weighted by molar-refractivity contribution is 5.76. The second-order valence-corrected chi connectivity index (χ2v) is 6.84. The van der Waals surface area contributed by atoms with Crippen LogP contribution in [-0.2, 0) is 9.53 Å². The third-order valence-corrected chi connectivity index (χ3v) is 5.31. The Labute approximate surface area is 128 Å². The molecule has 4 heteroatoms. The van der Waals surface area contributed by atoms with Gasteiger partial charge in [-0.3, -0.25) is 4.79 Å². The number of ether oxygens (including phenoxy) is 1. The number of amides is 1. The van der Waals surface area contributed by atoms with Gasteiger partial charge in [-0.25, -0.2) is 0 Å². The summed E-state index contributed by atoms with van der Waals surface area (Å²) in [5.41, 5.74) is 0.509. The molecular weight excluding hydrogens is 264 g/mol. The van der Waals surface area contributed by atoms with Gasteiger partial charge in [-0.1, -0.05) is 12.2 Å². The SMILES string of the molecule is O=C(CCN1CCC[C@@]2(CC=CCC2)C1)N1CCOCC1. The number of hydrogen-bond donors (Lipinski definition) is 0. The van der Waals surface area contributed by atoms with Crippen molar-refractivity contribution in [3.05, 3.63) is 12.2 Å². The molecule has 2 saturated heterocycles. The third-order valence-electron chi connectivity index (χ3n) is 5.31. The molecule has 0 bridgehead atoms. The number of allylic oxidation sites excluding steroid dienone is 2. The first-order valence-corrected chi connectivity index (χ1v) is 8.50. The lowest BCUT2D eigenvalue weighted by molar-refractivity contribution is -0.135. The van der Waals surface area contributed by atoms with Crippen molar-refractivity contribution >= 4 is 5.91 Å². The summed E-state index contributed by atoms with van der Waals surface area (Å²) in [7, 11) is 0. The highest BCUT2D eigenvalue weighted by atomic mass is 16.5. The van der Waals surface area contributed by atoms with Crippen LogP contribution in [0, 0.1) is 5.41 Å². The molecule has 2 aliphatic heterocycles. The number of piperidine rings is 1. The summed E-state index contributed by atoms with van der Waals surface area (Å²) < 4.78 is 5.31.